The number of benzene rings is 1. The van der Waals surface area contributed by atoms with Gasteiger partial charge in [0.2, 0.25) is 6.79 Å². The van der Waals surface area contributed by atoms with E-state index in [4.69, 9.17) is 9.47 Å². The minimum atomic E-state index is 0.276. The van der Waals surface area contributed by atoms with E-state index in [0.717, 1.165) is 38.2 Å². The number of nitrogens with one attached hydrogen (secondary N) is 1. The lowest BCUT2D eigenvalue weighted by molar-refractivity contribution is 0.174. The molecule has 5 nitrogen and oxygen atoms in total. The largest absolute Gasteiger partial charge is 0.454 e. The standard InChI is InChI=1S/C15H10BrN3O2S/c16-10-2-4-14(17-6-10)19-15-18-11(7-22-15)9-1-3-12-13(5-9)21-8-20-12/h1-7H,8H2,(H,17,18,19). The molecule has 110 valence electrons. The number of hydrogen-bond donors (Lipinski definition) is 1. The Labute approximate surface area is 139 Å². The van der Waals surface area contributed by atoms with Crippen LogP contribution in [0.2, 0.25) is 0 Å². The molecule has 2 aromatic heterocycles. The van der Waals surface area contributed by atoms with Crippen molar-refractivity contribution >= 4 is 38.2 Å². The molecule has 4 rings (SSSR count). The third-order valence-corrected chi connectivity index (χ3v) is 4.36. The average molecular weight is 376 g/mol. The summed E-state index contributed by atoms with van der Waals surface area (Å²) in [5.74, 6) is 2.29. The highest BCUT2D eigenvalue weighted by atomic mass is 79.9. The Kier molecular flexibility index (Phi) is 3.44. The lowest BCUT2D eigenvalue weighted by Crippen LogP contribution is -1.93. The molecule has 0 unspecified atom stereocenters. The molecule has 0 bridgehead atoms. The van der Waals surface area contributed by atoms with Crippen LogP contribution in [0, 0.1) is 0 Å². The molecule has 3 heterocycles. The van der Waals surface area contributed by atoms with Crippen molar-refractivity contribution in [2.24, 2.45) is 0 Å². The fourth-order valence-corrected chi connectivity index (χ4v) is 3.04. The Hall–Kier alpha value is -2.12. The zero-order valence-corrected chi connectivity index (χ0v) is 13.6. The number of nitrogens with zero attached hydrogens (tertiary/aromatic N) is 2. The molecule has 1 aliphatic rings. The SMILES string of the molecule is Brc1ccc(Nc2nc(-c3ccc4c(c3)OCO4)cs2)nc1. The lowest BCUT2D eigenvalue weighted by Gasteiger charge is -2.01. The number of halogens is 1. The van der Waals surface area contributed by atoms with Gasteiger partial charge in [0, 0.05) is 21.6 Å². The highest BCUT2D eigenvalue weighted by Crippen LogP contribution is 2.36. The third kappa shape index (κ3) is 2.65. The first-order chi connectivity index (χ1) is 10.8. The molecule has 0 fully saturated rings. The van der Waals surface area contributed by atoms with E-state index in [2.05, 4.69) is 31.2 Å². The predicted octanol–water partition coefficient (Wildman–Crippen LogP) is 4.44. The van der Waals surface area contributed by atoms with Crippen molar-refractivity contribution in [3.8, 4) is 22.8 Å². The first-order valence-electron chi connectivity index (χ1n) is 6.52. The molecule has 0 saturated heterocycles. The number of thiazole rings is 1. The number of ether oxygens (including phenoxy) is 2. The molecule has 1 N–H and O–H groups in total. The van der Waals surface area contributed by atoms with Gasteiger partial charge >= 0.3 is 0 Å². The molecule has 0 aliphatic carbocycles. The first-order valence-corrected chi connectivity index (χ1v) is 8.19. The van der Waals surface area contributed by atoms with Gasteiger partial charge in [-0.15, -0.1) is 11.3 Å². The summed E-state index contributed by atoms with van der Waals surface area (Å²) < 4.78 is 11.7. The van der Waals surface area contributed by atoms with Crippen LogP contribution in [-0.4, -0.2) is 16.8 Å². The topological polar surface area (TPSA) is 56.3 Å². The maximum atomic E-state index is 5.40. The van der Waals surface area contributed by atoms with Crippen LogP contribution in [0.25, 0.3) is 11.3 Å². The fraction of sp³-hybridized carbons (Fsp3) is 0.0667. The van der Waals surface area contributed by atoms with Gasteiger partial charge in [0.25, 0.3) is 0 Å². The Morgan fingerprint density at radius 2 is 2.05 bits per heavy atom. The molecule has 0 amide bonds. The smallest absolute Gasteiger partial charge is 0.231 e. The zero-order chi connectivity index (χ0) is 14.9. The molecule has 1 aromatic carbocycles. The summed E-state index contributed by atoms with van der Waals surface area (Å²) in [6.45, 7) is 0.276. The van der Waals surface area contributed by atoms with Crippen molar-refractivity contribution in [3.63, 3.8) is 0 Å². The van der Waals surface area contributed by atoms with Crippen LogP contribution in [0.4, 0.5) is 10.9 Å². The van der Waals surface area contributed by atoms with Crippen LogP contribution in [0.5, 0.6) is 11.5 Å². The predicted molar refractivity (Wildman–Crippen MR) is 88.9 cm³/mol. The summed E-state index contributed by atoms with van der Waals surface area (Å²) >= 11 is 4.90. The van der Waals surface area contributed by atoms with Crippen molar-refractivity contribution < 1.29 is 9.47 Å². The Morgan fingerprint density at radius 3 is 2.91 bits per heavy atom. The van der Waals surface area contributed by atoms with E-state index in [0.29, 0.717) is 0 Å². The van der Waals surface area contributed by atoms with E-state index in [1.807, 2.05) is 35.7 Å². The number of rotatable bonds is 3. The fourth-order valence-electron chi connectivity index (χ4n) is 2.08. The Bertz CT molecular complexity index is 820. The number of fused-ring (bicyclic) bond motifs is 1. The molecular formula is C15H10BrN3O2S. The second-order valence-corrected chi connectivity index (χ2v) is 6.37. The third-order valence-electron chi connectivity index (χ3n) is 3.13. The van der Waals surface area contributed by atoms with Crippen LogP contribution < -0.4 is 14.8 Å². The summed E-state index contributed by atoms with van der Waals surface area (Å²) in [5.41, 5.74) is 1.89. The van der Waals surface area contributed by atoms with Gasteiger partial charge in [0.15, 0.2) is 16.6 Å². The summed E-state index contributed by atoms with van der Waals surface area (Å²) in [7, 11) is 0. The highest BCUT2D eigenvalue weighted by Gasteiger charge is 2.15. The van der Waals surface area contributed by atoms with Crippen LogP contribution in [0.3, 0.4) is 0 Å². The van der Waals surface area contributed by atoms with Gasteiger partial charge in [-0.2, -0.15) is 0 Å². The normalized spacial score (nSPS) is 12.4. The molecule has 0 saturated carbocycles. The second-order valence-electron chi connectivity index (χ2n) is 4.59. The summed E-state index contributed by atoms with van der Waals surface area (Å²) in [6, 6.07) is 9.65. The average Bonchev–Trinajstić information content (AvgIpc) is 3.17. The van der Waals surface area contributed by atoms with Gasteiger partial charge in [-0.3, -0.25) is 0 Å². The molecule has 0 radical (unpaired) electrons. The van der Waals surface area contributed by atoms with Gasteiger partial charge in [-0.25, -0.2) is 9.97 Å². The number of pyridine rings is 1. The van der Waals surface area contributed by atoms with Crippen molar-refractivity contribution in [1.82, 2.24) is 9.97 Å². The van der Waals surface area contributed by atoms with Crippen LogP contribution in [0.1, 0.15) is 0 Å². The number of aromatic nitrogens is 2. The summed E-state index contributed by atoms with van der Waals surface area (Å²) in [4.78, 5) is 8.86. The molecular weight excluding hydrogens is 366 g/mol. The quantitative estimate of drug-likeness (QED) is 0.733. The van der Waals surface area contributed by atoms with E-state index in [1.165, 1.54) is 11.3 Å². The van der Waals surface area contributed by atoms with E-state index in [1.54, 1.807) is 6.20 Å². The second kappa shape index (κ2) is 5.58. The Morgan fingerprint density at radius 1 is 1.14 bits per heavy atom. The van der Waals surface area contributed by atoms with Crippen molar-refractivity contribution in [2.75, 3.05) is 12.1 Å². The van der Waals surface area contributed by atoms with Gasteiger partial charge in [0.05, 0.1) is 5.69 Å². The molecule has 1 aliphatic heterocycles. The van der Waals surface area contributed by atoms with Crippen LogP contribution in [0.15, 0.2) is 46.4 Å². The minimum Gasteiger partial charge on any atom is -0.454 e. The minimum absolute atomic E-state index is 0.276. The molecule has 3 aromatic rings. The van der Waals surface area contributed by atoms with Gasteiger partial charge in [-0.1, -0.05) is 0 Å². The van der Waals surface area contributed by atoms with Gasteiger partial charge in [-0.05, 0) is 46.3 Å². The molecule has 0 spiro atoms. The van der Waals surface area contributed by atoms with Crippen LogP contribution in [-0.2, 0) is 0 Å². The van der Waals surface area contributed by atoms with E-state index >= 15 is 0 Å². The zero-order valence-electron chi connectivity index (χ0n) is 11.2. The summed E-state index contributed by atoms with van der Waals surface area (Å²) in [6.07, 6.45) is 1.74. The Balaban J connectivity index is 1.57. The van der Waals surface area contributed by atoms with E-state index in [-0.39, 0.29) is 6.79 Å². The maximum absolute atomic E-state index is 5.40. The van der Waals surface area contributed by atoms with Gasteiger partial charge in [0.1, 0.15) is 5.82 Å². The number of hydrogen-bond acceptors (Lipinski definition) is 6. The van der Waals surface area contributed by atoms with Gasteiger partial charge < -0.3 is 14.8 Å². The number of anilines is 2. The van der Waals surface area contributed by atoms with Crippen molar-refractivity contribution in [2.45, 2.75) is 0 Å². The van der Waals surface area contributed by atoms with E-state index in [9.17, 15) is 0 Å². The molecule has 0 atom stereocenters. The van der Waals surface area contributed by atoms with Crippen LogP contribution >= 0.6 is 27.3 Å². The maximum Gasteiger partial charge on any atom is 0.231 e. The monoisotopic (exact) mass is 375 g/mol. The first kappa shape index (κ1) is 13.5. The molecule has 22 heavy (non-hydrogen) atoms. The summed E-state index contributed by atoms with van der Waals surface area (Å²) in [5, 5.41) is 5.99. The molecule has 7 heteroatoms. The highest BCUT2D eigenvalue weighted by molar-refractivity contribution is 9.10. The van der Waals surface area contributed by atoms with Crippen molar-refractivity contribution in [3.05, 3.63) is 46.4 Å². The van der Waals surface area contributed by atoms with E-state index < -0.39 is 0 Å². The van der Waals surface area contributed by atoms with Crippen molar-refractivity contribution in [1.29, 1.82) is 0 Å². The lowest BCUT2D eigenvalue weighted by atomic mass is 10.1.